The molecule has 4 nitrogen and oxygen atoms in total. The summed E-state index contributed by atoms with van der Waals surface area (Å²) in [4.78, 5) is 24.7. The topological polar surface area (TPSA) is 52.6 Å². The van der Waals surface area contributed by atoms with Gasteiger partial charge in [-0.25, -0.2) is 0 Å². The van der Waals surface area contributed by atoms with Crippen LogP contribution in [0.1, 0.15) is 27.7 Å². The zero-order chi connectivity index (χ0) is 35.6. The van der Waals surface area contributed by atoms with E-state index in [4.69, 9.17) is 9.05 Å². The average Bonchev–Trinajstić information content (AvgIpc) is 3.18. The third-order valence-electron chi connectivity index (χ3n) is 9.68. The van der Waals surface area contributed by atoms with Gasteiger partial charge in [0, 0.05) is 0 Å². The number of hydrogen-bond donors (Lipinski definition) is 0. The first-order valence-electron chi connectivity index (χ1n) is 17.0. The second-order valence-electron chi connectivity index (χ2n) is 12.2. The van der Waals surface area contributed by atoms with Crippen LogP contribution in [0.4, 0.5) is 0 Å². The molecule has 0 aliphatic heterocycles. The molecule has 0 saturated heterocycles. The number of benzene rings is 6. The quantitative estimate of drug-likeness (QED) is 0.136. The molecular weight excluding hydrogens is 654 g/mol. The normalized spacial score (nSPS) is 12.8. The number of rotatable bonds is 10. The first-order chi connectivity index (χ1) is 24.3. The second-order valence-corrected chi connectivity index (χ2v) is 21.8. The van der Waals surface area contributed by atoms with E-state index in [1.54, 1.807) is 0 Å². The number of hydrogen-bond acceptors (Lipinski definition) is 4. The molecule has 0 N–H and O–H groups in total. The van der Waals surface area contributed by atoms with Crippen molar-refractivity contribution in [2.45, 2.75) is 27.7 Å². The van der Waals surface area contributed by atoms with Crippen LogP contribution >= 0.6 is 13.7 Å². The van der Waals surface area contributed by atoms with Crippen LogP contribution < -0.4 is 31.8 Å². The van der Waals surface area contributed by atoms with Gasteiger partial charge in [-0.05, 0) is 0 Å². The van der Waals surface area contributed by atoms with Gasteiger partial charge in [0.1, 0.15) is 0 Å². The fourth-order valence-electron chi connectivity index (χ4n) is 7.46. The van der Waals surface area contributed by atoms with Crippen molar-refractivity contribution in [2.24, 2.45) is 0 Å². The molecule has 6 heteroatoms. The molecule has 0 aromatic heterocycles. The fourth-order valence-corrected chi connectivity index (χ4v) is 18.3. The third-order valence-corrected chi connectivity index (χ3v) is 21.8. The van der Waals surface area contributed by atoms with Gasteiger partial charge in [-0.1, -0.05) is 0 Å². The Morgan fingerprint density at radius 3 is 0.640 bits per heavy atom. The fraction of sp³-hybridized carbons (Fsp3) is 0.136. The first kappa shape index (κ1) is 36.4. The van der Waals surface area contributed by atoms with E-state index in [1.807, 2.05) is 109 Å². The molecule has 50 heavy (non-hydrogen) atoms. The maximum atomic E-state index is 12.4. The summed E-state index contributed by atoms with van der Waals surface area (Å²) in [5, 5.41) is 6.44. The van der Waals surface area contributed by atoms with Crippen molar-refractivity contribution in [2.75, 3.05) is 12.3 Å². The Bertz CT molecular complexity index is 1640. The van der Waals surface area contributed by atoms with Crippen LogP contribution in [0.2, 0.25) is 0 Å². The summed E-state index contributed by atoms with van der Waals surface area (Å²) in [5.41, 5.74) is 0. The Hall–Kier alpha value is -4.88. The van der Waals surface area contributed by atoms with Crippen molar-refractivity contribution in [3.05, 3.63) is 182 Å². The van der Waals surface area contributed by atoms with Crippen molar-refractivity contribution >= 4 is 57.4 Å². The van der Waals surface area contributed by atoms with Crippen LogP contribution in [0.15, 0.2) is 182 Å². The van der Waals surface area contributed by atoms with Crippen LogP contribution in [0.3, 0.4) is 0 Å². The van der Waals surface area contributed by atoms with E-state index in [0.29, 0.717) is 12.3 Å². The molecule has 0 atom stereocenters. The molecule has 0 spiro atoms. The molecule has 0 aliphatic carbocycles. The van der Waals surface area contributed by atoms with E-state index in [9.17, 15) is 9.59 Å². The van der Waals surface area contributed by atoms with Gasteiger partial charge < -0.3 is 0 Å². The van der Waals surface area contributed by atoms with E-state index in [0.717, 1.165) is 31.8 Å². The van der Waals surface area contributed by atoms with Crippen molar-refractivity contribution in [3.63, 3.8) is 0 Å². The summed E-state index contributed by atoms with van der Waals surface area (Å²) in [7, 11) is 0. The van der Waals surface area contributed by atoms with Crippen LogP contribution in [-0.4, -0.2) is 24.3 Å². The zero-order valence-electron chi connectivity index (χ0n) is 29.3. The van der Waals surface area contributed by atoms with Gasteiger partial charge in [0.25, 0.3) is 0 Å². The van der Waals surface area contributed by atoms with Gasteiger partial charge in [-0.15, -0.1) is 0 Å². The van der Waals surface area contributed by atoms with E-state index >= 15 is 0 Å². The Balaban J connectivity index is 0.000000194. The Kier molecular flexibility index (Phi) is 11.2. The maximum absolute atomic E-state index is 12.4. The molecule has 6 aromatic rings. The van der Waals surface area contributed by atoms with E-state index in [-0.39, 0.29) is 11.9 Å². The summed E-state index contributed by atoms with van der Waals surface area (Å²) >= 11 is 0. The molecule has 6 aromatic carbocycles. The molecule has 256 valence electrons. The van der Waals surface area contributed by atoms with Crippen LogP contribution in [0, 0.1) is 0 Å². The van der Waals surface area contributed by atoms with Crippen LogP contribution in [0.5, 0.6) is 0 Å². The van der Waals surface area contributed by atoms with E-state index in [1.165, 1.54) is 13.8 Å². The van der Waals surface area contributed by atoms with Crippen LogP contribution in [0.25, 0.3) is 0 Å². The first-order valence-corrected chi connectivity index (χ1v) is 21.7. The summed E-state index contributed by atoms with van der Waals surface area (Å²) in [6.45, 7) is 0.508. The van der Waals surface area contributed by atoms with Crippen molar-refractivity contribution in [1.82, 2.24) is 0 Å². The summed E-state index contributed by atoms with van der Waals surface area (Å²) in [5.74, 6) is -0.507. The molecule has 0 heterocycles. The Labute approximate surface area is 297 Å². The minimum atomic E-state index is -3.37. The minimum absolute atomic E-state index is 0.254. The standard InChI is InChI=1S/2C22H23O2P/c2*1-3-25(24-19(2)23,20-13-7-4-8-14-20,21-15-9-5-10-16-21)22-17-11-6-12-18-22/h2*4-18H,3H2,1-2H3. The molecule has 0 unspecified atom stereocenters. The predicted octanol–water partition coefficient (Wildman–Crippen LogP) is 8.03. The van der Waals surface area contributed by atoms with Crippen LogP contribution in [-0.2, 0) is 18.6 Å². The third kappa shape index (κ3) is 6.20. The molecule has 0 amide bonds. The second kappa shape index (κ2) is 15.3. The molecular formula is C44H46O4P2. The molecule has 0 saturated carbocycles. The van der Waals surface area contributed by atoms with Gasteiger partial charge in [-0.3, -0.25) is 0 Å². The van der Waals surface area contributed by atoms with Gasteiger partial charge in [0.2, 0.25) is 0 Å². The van der Waals surface area contributed by atoms with E-state index in [2.05, 4.69) is 86.6 Å². The molecule has 0 aliphatic rings. The number of carbonyl (C=O) groups is 2. The van der Waals surface area contributed by atoms with Gasteiger partial charge in [0.15, 0.2) is 0 Å². The SMILES string of the molecule is CCP(OC(C)=O)(c1ccccc1)(c1ccccc1)c1ccccc1.CCP(OC(C)=O)(c1ccccc1)(c1ccccc1)c1ccccc1. The monoisotopic (exact) mass is 700 g/mol. The number of carbonyl (C=O) groups excluding carboxylic acids is 2. The Morgan fingerprint density at radius 2 is 0.520 bits per heavy atom. The molecule has 0 fully saturated rings. The van der Waals surface area contributed by atoms with Gasteiger partial charge >= 0.3 is 298 Å². The summed E-state index contributed by atoms with van der Waals surface area (Å²) < 4.78 is 12.8. The van der Waals surface area contributed by atoms with Crippen molar-refractivity contribution in [1.29, 1.82) is 0 Å². The summed E-state index contributed by atoms with van der Waals surface area (Å²) in [6, 6.07) is 61.2. The van der Waals surface area contributed by atoms with E-state index < -0.39 is 13.7 Å². The van der Waals surface area contributed by atoms with Gasteiger partial charge in [0.05, 0.1) is 0 Å². The zero-order valence-corrected chi connectivity index (χ0v) is 31.1. The van der Waals surface area contributed by atoms with Crippen molar-refractivity contribution < 1.29 is 18.6 Å². The molecule has 0 bridgehead atoms. The summed E-state index contributed by atoms with van der Waals surface area (Å²) in [6.07, 6.45) is 1.42. The predicted molar refractivity (Wildman–Crippen MR) is 215 cm³/mol. The van der Waals surface area contributed by atoms with Crippen molar-refractivity contribution in [3.8, 4) is 0 Å². The molecule has 6 rings (SSSR count). The Morgan fingerprint density at radius 1 is 0.360 bits per heavy atom. The van der Waals surface area contributed by atoms with Gasteiger partial charge in [-0.2, -0.15) is 0 Å². The molecule has 0 radical (unpaired) electrons. The average molecular weight is 701 g/mol.